The van der Waals surface area contributed by atoms with Crippen molar-refractivity contribution in [2.24, 2.45) is 5.92 Å². The predicted molar refractivity (Wildman–Crippen MR) is 181 cm³/mol. The summed E-state index contributed by atoms with van der Waals surface area (Å²) in [4.78, 5) is 30.0. The molecule has 0 saturated heterocycles. The van der Waals surface area contributed by atoms with Crippen molar-refractivity contribution in [1.29, 1.82) is 0 Å². The van der Waals surface area contributed by atoms with Crippen LogP contribution in [0.1, 0.15) is 36.1 Å². The van der Waals surface area contributed by atoms with Gasteiger partial charge in [0.1, 0.15) is 12.6 Å². The maximum absolute atomic E-state index is 14.6. The smallest absolute Gasteiger partial charge is 0.264 e. The maximum Gasteiger partial charge on any atom is 0.264 e. The number of amides is 2. The second-order valence-corrected chi connectivity index (χ2v) is 13.8. The molecule has 0 aliphatic carbocycles. The van der Waals surface area contributed by atoms with Crippen LogP contribution in [-0.4, -0.2) is 44.3 Å². The number of nitrogens with zero attached hydrogens (tertiary/aromatic N) is 2. The molecule has 0 bridgehead atoms. The quantitative estimate of drug-likeness (QED) is 0.178. The monoisotopic (exact) mass is 645 g/mol. The number of nitrogens with one attached hydrogen (secondary N) is 1. The summed E-state index contributed by atoms with van der Waals surface area (Å²) in [6.45, 7) is 7.79. The number of hydrogen-bond acceptors (Lipinski definition) is 4. The minimum Gasteiger partial charge on any atom is -0.354 e. The van der Waals surface area contributed by atoms with E-state index in [0.717, 1.165) is 26.6 Å². The summed E-state index contributed by atoms with van der Waals surface area (Å²) in [6.07, 6.45) is 0.254. The van der Waals surface area contributed by atoms with E-state index in [2.05, 4.69) is 5.32 Å². The molecule has 0 fully saturated rings. The van der Waals surface area contributed by atoms with Crippen molar-refractivity contribution >= 4 is 39.1 Å². The summed E-state index contributed by atoms with van der Waals surface area (Å²) in [5, 5.41) is 3.39. The number of halogens is 1. The van der Waals surface area contributed by atoms with Crippen molar-refractivity contribution in [3.8, 4) is 0 Å². The number of carbonyl (C=O) groups excluding carboxylic acids is 2. The van der Waals surface area contributed by atoms with E-state index >= 15 is 0 Å². The van der Waals surface area contributed by atoms with Crippen LogP contribution in [0, 0.1) is 19.8 Å². The Balaban J connectivity index is 1.82. The molecule has 2 amide bonds. The SMILES string of the molecule is Cc1ccc(N(CC(=O)N(Cc2ccccc2C)[C@H](Cc2ccccc2)C(=O)NCC(C)C)S(=O)(=O)c2ccccc2)cc1Cl. The molecule has 1 N–H and O–H groups in total. The Kier molecular flexibility index (Phi) is 11.4. The highest BCUT2D eigenvalue weighted by Gasteiger charge is 2.35. The van der Waals surface area contributed by atoms with Crippen LogP contribution in [0.3, 0.4) is 0 Å². The van der Waals surface area contributed by atoms with E-state index in [1.54, 1.807) is 36.4 Å². The van der Waals surface area contributed by atoms with Crippen molar-refractivity contribution in [3.63, 3.8) is 0 Å². The minimum atomic E-state index is -4.19. The third-order valence-corrected chi connectivity index (χ3v) is 9.81. The summed E-state index contributed by atoms with van der Waals surface area (Å²) in [5.41, 5.74) is 3.72. The van der Waals surface area contributed by atoms with Gasteiger partial charge in [0, 0.05) is 24.5 Å². The number of aryl methyl sites for hydroxylation is 2. The number of sulfonamides is 1. The Morgan fingerprint density at radius 3 is 2.07 bits per heavy atom. The zero-order valence-electron chi connectivity index (χ0n) is 26.1. The number of hydrogen-bond donors (Lipinski definition) is 1. The highest BCUT2D eigenvalue weighted by Crippen LogP contribution is 2.29. The minimum absolute atomic E-state index is 0.0375. The molecular formula is C36H40ClN3O4S. The molecule has 0 aromatic heterocycles. The molecule has 0 aliphatic rings. The van der Waals surface area contributed by atoms with Gasteiger partial charge in [-0.25, -0.2) is 8.42 Å². The Morgan fingerprint density at radius 2 is 1.44 bits per heavy atom. The van der Waals surface area contributed by atoms with Gasteiger partial charge in [-0.3, -0.25) is 13.9 Å². The first-order chi connectivity index (χ1) is 21.5. The average molecular weight is 646 g/mol. The summed E-state index contributed by atoms with van der Waals surface area (Å²) < 4.78 is 29.3. The molecule has 0 radical (unpaired) electrons. The lowest BCUT2D eigenvalue weighted by Crippen LogP contribution is -2.53. The molecule has 236 valence electrons. The van der Waals surface area contributed by atoms with Gasteiger partial charge in [-0.2, -0.15) is 0 Å². The molecule has 0 saturated carbocycles. The van der Waals surface area contributed by atoms with Gasteiger partial charge in [-0.15, -0.1) is 0 Å². The Hall–Kier alpha value is -4.14. The van der Waals surface area contributed by atoms with Gasteiger partial charge < -0.3 is 10.2 Å². The van der Waals surface area contributed by atoms with Crippen LogP contribution in [-0.2, 0) is 32.6 Å². The summed E-state index contributed by atoms with van der Waals surface area (Å²) >= 11 is 6.45. The summed E-state index contributed by atoms with van der Waals surface area (Å²) in [6, 6.07) is 29.2. The number of rotatable bonds is 13. The van der Waals surface area contributed by atoms with Gasteiger partial charge in [-0.1, -0.05) is 104 Å². The highest BCUT2D eigenvalue weighted by molar-refractivity contribution is 7.92. The fourth-order valence-corrected chi connectivity index (χ4v) is 6.53. The fourth-order valence-electron chi connectivity index (χ4n) is 4.93. The van der Waals surface area contributed by atoms with Gasteiger partial charge in [0.2, 0.25) is 11.8 Å². The van der Waals surface area contributed by atoms with Crippen LogP contribution in [0.15, 0.2) is 108 Å². The first kappa shape index (κ1) is 33.7. The zero-order valence-corrected chi connectivity index (χ0v) is 27.7. The Bertz CT molecular complexity index is 1710. The topological polar surface area (TPSA) is 86.8 Å². The van der Waals surface area contributed by atoms with Crippen LogP contribution in [0.4, 0.5) is 5.69 Å². The normalized spacial score (nSPS) is 12.0. The standard InChI is InChI=1S/C36H40ClN3O4S/c1-26(2)23-38-36(42)34(21-29-14-7-5-8-15-29)39(24-30-16-12-11-13-27(30)3)35(41)25-40(31-20-19-28(4)33(37)22-31)45(43,44)32-17-9-6-10-18-32/h5-20,22,26,34H,21,23-25H2,1-4H3,(H,38,42)/t34-/m1/s1. The lowest BCUT2D eigenvalue weighted by Gasteiger charge is -2.34. The van der Waals surface area contributed by atoms with Crippen molar-refractivity contribution in [3.05, 3.63) is 130 Å². The molecule has 7 nitrogen and oxygen atoms in total. The van der Waals surface area contributed by atoms with Gasteiger partial charge >= 0.3 is 0 Å². The third kappa shape index (κ3) is 8.74. The molecule has 4 aromatic rings. The van der Waals surface area contributed by atoms with Crippen LogP contribution < -0.4 is 9.62 Å². The van der Waals surface area contributed by atoms with E-state index < -0.39 is 28.5 Å². The number of carbonyl (C=O) groups is 2. The molecule has 0 aliphatic heterocycles. The van der Waals surface area contributed by atoms with Crippen molar-refractivity contribution in [2.75, 3.05) is 17.4 Å². The lowest BCUT2D eigenvalue weighted by atomic mass is 10.0. The molecule has 1 atom stereocenters. The number of benzene rings is 4. The van der Waals surface area contributed by atoms with E-state index in [0.29, 0.717) is 11.6 Å². The molecule has 0 unspecified atom stereocenters. The Morgan fingerprint density at radius 1 is 0.822 bits per heavy atom. The molecule has 0 heterocycles. The summed E-state index contributed by atoms with van der Waals surface area (Å²) in [5.74, 6) is -0.620. The van der Waals surface area contributed by atoms with Crippen molar-refractivity contribution < 1.29 is 18.0 Å². The number of anilines is 1. The van der Waals surface area contributed by atoms with Crippen LogP contribution in [0.2, 0.25) is 5.02 Å². The van der Waals surface area contributed by atoms with Gasteiger partial charge in [-0.05, 0) is 66.3 Å². The summed E-state index contributed by atoms with van der Waals surface area (Å²) in [7, 11) is -4.19. The molecular weight excluding hydrogens is 606 g/mol. The first-order valence-corrected chi connectivity index (χ1v) is 16.8. The van der Waals surface area contributed by atoms with Gasteiger partial charge in [0.05, 0.1) is 10.6 Å². The van der Waals surface area contributed by atoms with E-state index in [-0.39, 0.29) is 35.4 Å². The lowest BCUT2D eigenvalue weighted by molar-refractivity contribution is -0.140. The highest BCUT2D eigenvalue weighted by atomic mass is 35.5. The second kappa shape index (κ2) is 15.2. The maximum atomic E-state index is 14.6. The molecule has 9 heteroatoms. The molecule has 4 rings (SSSR count). The van der Waals surface area contributed by atoms with Gasteiger partial charge in [0.25, 0.3) is 10.0 Å². The van der Waals surface area contributed by atoms with Crippen LogP contribution in [0.25, 0.3) is 0 Å². The molecule has 0 spiro atoms. The van der Waals surface area contributed by atoms with Gasteiger partial charge in [0.15, 0.2) is 0 Å². The van der Waals surface area contributed by atoms with E-state index in [9.17, 15) is 18.0 Å². The van der Waals surface area contributed by atoms with E-state index in [4.69, 9.17) is 11.6 Å². The van der Waals surface area contributed by atoms with Crippen LogP contribution in [0.5, 0.6) is 0 Å². The predicted octanol–water partition coefficient (Wildman–Crippen LogP) is 6.56. The second-order valence-electron chi connectivity index (χ2n) is 11.6. The first-order valence-electron chi connectivity index (χ1n) is 15.0. The van der Waals surface area contributed by atoms with Crippen LogP contribution >= 0.6 is 11.6 Å². The average Bonchev–Trinajstić information content (AvgIpc) is 3.03. The van der Waals surface area contributed by atoms with E-state index in [1.807, 2.05) is 82.3 Å². The van der Waals surface area contributed by atoms with E-state index in [1.165, 1.54) is 17.0 Å². The van der Waals surface area contributed by atoms with Crippen molar-refractivity contribution in [2.45, 2.75) is 51.6 Å². The largest absolute Gasteiger partial charge is 0.354 e. The third-order valence-electron chi connectivity index (χ3n) is 7.61. The van der Waals surface area contributed by atoms with Crippen molar-refractivity contribution in [1.82, 2.24) is 10.2 Å². The Labute approximate surface area is 271 Å². The molecule has 45 heavy (non-hydrogen) atoms. The fraction of sp³-hybridized carbons (Fsp3) is 0.278. The zero-order chi connectivity index (χ0) is 32.6. The molecule has 4 aromatic carbocycles.